The second-order valence-corrected chi connectivity index (χ2v) is 3.49. The molecule has 3 aromatic rings. The summed E-state index contributed by atoms with van der Waals surface area (Å²) < 4.78 is 0. The Morgan fingerprint density at radius 1 is 1.06 bits per heavy atom. The molecule has 0 atom stereocenters. The van der Waals surface area contributed by atoms with E-state index in [-0.39, 0.29) is 10.8 Å². The lowest BCUT2D eigenvalue weighted by Crippen LogP contribution is -2.17. The highest BCUT2D eigenvalue weighted by molar-refractivity contribution is 5.91. The Labute approximate surface area is 88.7 Å². The average molecular weight is 213 g/mol. The van der Waals surface area contributed by atoms with Crippen LogP contribution in [0, 0.1) is 0 Å². The molecule has 0 spiro atoms. The summed E-state index contributed by atoms with van der Waals surface area (Å²) in [7, 11) is 0. The van der Waals surface area contributed by atoms with Crippen molar-refractivity contribution in [2.75, 3.05) is 0 Å². The SMILES string of the molecule is O=c1[nH]ncc2[nH]c3ccccc3c(=O)c12. The molecule has 0 aliphatic carbocycles. The van der Waals surface area contributed by atoms with Crippen molar-refractivity contribution in [3.8, 4) is 0 Å². The van der Waals surface area contributed by atoms with Crippen LogP contribution < -0.4 is 11.0 Å². The highest BCUT2D eigenvalue weighted by Gasteiger charge is 2.07. The molecule has 2 aromatic heterocycles. The van der Waals surface area contributed by atoms with Crippen LogP contribution in [0.3, 0.4) is 0 Å². The summed E-state index contributed by atoms with van der Waals surface area (Å²) in [4.78, 5) is 26.6. The van der Waals surface area contributed by atoms with E-state index in [1.165, 1.54) is 6.20 Å². The summed E-state index contributed by atoms with van der Waals surface area (Å²) >= 11 is 0. The van der Waals surface area contributed by atoms with E-state index in [2.05, 4.69) is 15.2 Å². The normalized spacial score (nSPS) is 11.0. The number of nitrogens with one attached hydrogen (secondary N) is 2. The molecule has 16 heavy (non-hydrogen) atoms. The fraction of sp³-hybridized carbons (Fsp3) is 0. The number of nitrogens with zero attached hydrogens (tertiary/aromatic N) is 1. The number of aromatic amines is 2. The highest BCUT2D eigenvalue weighted by Crippen LogP contribution is 2.10. The lowest BCUT2D eigenvalue weighted by Gasteiger charge is -2.00. The van der Waals surface area contributed by atoms with E-state index in [9.17, 15) is 9.59 Å². The molecule has 2 heterocycles. The molecular formula is C11H7N3O2. The predicted octanol–water partition coefficient (Wildman–Crippen LogP) is 0.765. The van der Waals surface area contributed by atoms with Crippen molar-refractivity contribution in [2.24, 2.45) is 0 Å². The summed E-state index contributed by atoms with van der Waals surface area (Å²) in [5.41, 5.74) is 0.414. The largest absolute Gasteiger partial charge is 0.353 e. The van der Waals surface area contributed by atoms with Gasteiger partial charge in [-0.25, -0.2) is 5.10 Å². The van der Waals surface area contributed by atoms with Crippen molar-refractivity contribution in [3.05, 3.63) is 51.0 Å². The van der Waals surface area contributed by atoms with Gasteiger partial charge in [-0.3, -0.25) is 9.59 Å². The fourth-order valence-electron chi connectivity index (χ4n) is 1.79. The second kappa shape index (κ2) is 3.03. The number of para-hydroxylation sites is 1. The van der Waals surface area contributed by atoms with Crippen LogP contribution in [0.15, 0.2) is 40.1 Å². The zero-order valence-electron chi connectivity index (χ0n) is 8.15. The topological polar surface area (TPSA) is 78.6 Å². The number of H-pyrrole nitrogens is 2. The molecule has 5 heteroatoms. The van der Waals surface area contributed by atoms with Gasteiger partial charge < -0.3 is 4.98 Å². The van der Waals surface area contributed by atoms with Crippen molar-refractivity contribution >= 4 is 21.8 Å². The number of hydrogen-bond donors (Lipinski definition) is 2. The van der Waals surface area contributed by atoms with Gasteiger partial charge in [-0.2, -0.15) is 5.10 Å². The predicted molar refractivity (Wildman–Crippen MR) is 60.5 cm³/mol. The Hall–Kier alpha value is -2.43. The van der Waals surface area contributed by atoms with Crippen molar-refractivity contribution < 1.29 is 0 Å². The molecule has 0 fully saturated rings. The van der Waals surface area contributed by atoms with Gasteiger partial charge in [-0.05, 0) is 12.1 Å². The van der Waals surface area contributed by atoms with Gasteiger partial charge in [0.25, 0.3) is 5.56 Å². The second-order valence-electron chi connectivity index (χ2n) is 3.49. The molecule has 0 aliphatic heterocycles. The third kappa shape index (κ3) is 1.08. The molecule has 3 rings (SSSR count). The van der Waals surface area contributed by atoms with Crippen LogP contribution in [0.5, 0.6) is 0 Å². The van der Waals surface area contributed by atoms with Gasteiger partial charge in [0.15, 0.2) is 0 Å². The highest BCUT2D eigenvalue weighted by atomic mass is 16.1. The molecule has 0 saturated carbocycles. The van der Waals surface area contributed by atoms with Gasteiger partial charge in [-0.15, -0.1) is 0 Å². The molecule has 2 N–H and O–H groups in total. The Balaban J connectivity index is 2.73. The molecule has 0 amide bonds. The van der Waals surface area contributed by atoms with Crippen LogP contribution in [0.2, 0.25) is 0 Å². The van der Waals surface area contributed by atoms with Gasteiger partial charge in [0.05, 0.1) is 11.7 Å². The van der Waals surface area contributed by atoms with Gasteiger partial charge in [0.1, 0.15) is 5.39 Å². The van der Waals surface area contributed by atoms with Crippen LogP contribution in [-0.4, -0.2) is 15.2 Å². The summed E-state index contributed by atoms with van der Waals surface area (Å²) in [6, 6.07) is 7.06. The third-order valence-corrected chi connectivity index (χ3v) is 2.52. The third-order valence-electron chi connectivity index (χ3n) is 2.52. The lowest BCUT2D eigenvalue weighted by molar-refractivity contribution is 1.01. The number of aromatic nitrogens is 3. The fourth-order valence-corrected chi connectivity index (χ4v) is 1.79. The first-order valence-corrected chi connectivity index (χ1v) is 4.76. The maximum atomic E-state index is 12.0. The van der Waals surface area contributed by atoms with Crippen LogP contribution in [0.25, 0.3) is 21.8 Å². The summed E-state index contributed by atoms with van der Waals surface area (Å²) in [6.45, 7) is 0. The molecule has 0 radical (unpaired) electrons. The lowest BCUT2D eigenvalue weighted by atomic mass is 10.1. The van der Waals surface area contributed by atoms with E-state index in [4.69, 9.17) is 0 Å². The smallest absolute Gasteiger partial charge is 0.277 e. The quantitative estimate of drug-likeness (QED) is 0.541. The minimum Gasteiger partial charge on any atom is -0.353 e. The van der Waals surface area contributed by atoms with E-state index >= 15 is 0 Å². The standard InChI is InChI=1S/C11H7N3O2/c15-10-6-3-1-2-4-7(6)13-8-5-12-14-11(16)9(8)10/h1-5H,(H,13,15)(H,14,16). The number of pyridine rings is 1. The maximum Gasteiger partial charge on any atom is 0.277 e. The minimum absolute atomic E-state index is 0.119. The Morgan fingerprint density at radius 3 is 2.75 bits per heavy atom. The minimum atomic E-state index is -0.468. The van der Waals surface area contributed by atoms with Crippen molar-refractivity contribution in [2.45, 2.75) is 0 Å². The zero-order valence-corrected chi connectivity index (χ0v) is 8.15. The Bertz CT molecular complexity index is 801. The zero-order chi connectivity index (χ0) is 11.1. The van der Waals surface area contributed by atoms with Crippen LogP contribution in [0.4, 0.5) is 0 Å². The van der Waals surface area contributed by atoms with Crippen LogP contribution >= 0.6 is 0 Å². The number of rotatable bonds is 0. The molecule has 0 unspecified atom stereocenters. The van der Waals surface area contributed by atoms with Crippen molar-refractivity contribution in [1.82, 2.24) is 15.2 Å². The number of benzene rings is 1. The van der Waals surface area contributed by atoms with E-state index in [1.807, 2.05) is 6.07 Å². The first kappa shape index (κ1) is 8.84. The average Bonchev–Trinajstić information content (AvgIpc) is 2.29. The van der Waals surface area contributed by atoms with Crippen LogP contribution in [0.1, 0.15) is 0 Å². The molecule has 0 saturated heterocycles. The number of hydrogen-bond acceptors (Lipinski definition) is 3. The van der Waals surface area contributed by atoms with Crippen molar-refractivity contribution in [3.63, 3.8) is 0 Å². The van der Waals surface area contributed by atoms with E-state index in [0.29, 0.717) is 16.4 Å². The van der Waals surface area contributed by atoms with E-state index < -0.39 is 5.56 Å². The monoisotopic (exact) mass is 213 g/mol. The summed E-state index contributed by atoms with van der Waals surface area (Å²) in [5.74, 6) is 0. The van der Waals surface area contributed by atoms with Crippen molar-refractivity contribution in [1.29, 1.82) is 0 Å². The van der Waals surface area contributed by atoms with Crippen LogP contribution in [-0.2, 0) is 0 Å². The first-order chi connectivity index (χ1) is 7.77. The van der Waals surface area contributed by atoms with E-state index in [1.54, 1.807) is 18.2 Å². The summed E-state index contributed by atoms with van der Waals surface area (Å²) in [6.07, 6.45) is 1.44. The Morgan fingerprint density at radius 2 is 1.88 bits per heavy atom. The van der Waals surface area contributed by atoms with Gasteiger partial charge in [0, 0.05) is 10.9 Å². The Kier molecular flexibility index (Phi) is 1.67. The van der Waals surface area contributed by atoms with E-state index in [0.717, 1.165) is 0 Å². The first-order valence-electron chi connectivity index (χ1n) is 4.76. The number of fused-ring (bicyclic) bond motifs is 2. The molecule has 5 nitrogen and oxygen atoms in total. The molecule has 78 valence electrons. The van der Waals surface area contributed by atoms with Gasteiger partial charge >= 0.3 is 0 Å². The molecule has 1 aromatic carbocycles. The van der Waals surface area contributed by atoms with Gasteiger partial charge in [0.2, 0.25) is 5.43 Å². The molecular weight excluding hydrogens is 206 g/mol. The van der Waals surface area contributed by atoms with Gasteiger partial charge in [-0.1, -0.05) is 12.1 Å². The molecule has 0 aliphatic rings. The summed E-state index contributed by atoms with van der Waals surface area (Å²) in [5, 5.41) is 6.53. The molecule has 0 bridgehead atoms. The maximum absolute atomic E-state index is 12.0.